The molecule has 3 N–H and O–H groups in total. The van der Waals surface area contributed by atoms with Crippen molar-refractivity contribution in [2.75, 3.05) is 6.61 Å². The molecule has 0 fully saturated rings. The number of nitrogens with one attached hydrogen (secondary N) is 3. The largest absolute Gasteiger partial charge is 0.482 e. The minimum absolute atomic E-state index is 0.141. The van der Waals surface area contributed by atoms with E-state index in [0.29, 0.717) is 10.8 Å². The van der Waals surface area contributed by atoms with Gasteiger partial charge in [0.15, 0.2) is 11.7 Å². The Hall–Kier alpha value is -2.42. The van der Waals surface area contributed by atoms with Gasteiger partial charge in [-0.3, -0.25) is 25.8 Å². The summed E-state index contributed by atoms with van der Waals surface area (Å²) in [6, 6.07) is 9.47. The summed E-state index contributed by atoms with van der Waals surface area (Å²) in [6.45, 7) is -0.344. The van der Waals surface area contributed by atoms with Crippen molar-refractivity contribution in [1.82, 2.24) is 16.2 Å². The van der Waals surface area contributed by atoms with Gasteiger partial charge in [0.25, 0.3) is 11.8 Å². The quantitative estimate of drug-likeness (QED) is 0.528. The number of hydrazine groups is 1. The van der Waals surface area contributed by atoms with Gasteiger partial charge >= 0.3 is 0 Å². The van der Waals surface area contributed by atoms with E-state index in [-0.39, 0.29) is 22.3 Å². The third kappa shape index (κ3) is 6.14. The average Bonchev–Trinajstić information content (AvgIpc) is 2.59. The first-order valence-corrected chi connectivity index (χ1v) is 8.25. The van der Waals surface area contributed by atoms with Crippen LogP contribution in [0.3, 0.4) is 0 Å². The molecular formula is C16H12Cl2FN3O3S. The van der Waals surface area contributed by atoms with Crippen molar-refractivity contribution in [2.45, 2.75) is 0 Å². The third-order valence-electron chi connectivity index (χ3n) is 2.90. The van der Waals surface area contributed by atoms with E-state index in [1.54, 1.807) is 6.07 Å². The van der Waals surface area contributed by atoms with Gasteiger partial charge in [0.2, 0.25) is 0 Å². The molecule has 0 aliphatic carbocycles. The molecule has 0 spiro atoms. The predicted molar refractivity (Wildman–Crippen MR) is 99.7 cm³/mol. The molecule has 0 aliphatic heterocycles. The Kier molecular flexibility index (Phi) is 7.14. The molecular weight excluding hydrogens is 404 g/mol. The molecule has 0 aromatic heterocycles. The SMILES string of the molecule is O=C(COc1ccc(Cl)cc1Cl)NNC(=S)NC(=O)c1ccc(F)cc1. The fourth-order valence-corrected chi connectivity index (χ4v) is 2.31. The van der Waals surface area contributed by atoms with Crippen LogP contribution in [0.1, 0.15) is 10.4 Å². The molecule has 0 unspecified atom stereocenters. The number of carbonyl (C=O) groups excluding carboxylic acids is 2. The Morgan fingerprint density at radius 2 is 1.77 bits per heavy atom. The highest BCUT2D eigenvalue weighted by Gasteiger charge is 2.10. The van der Waals surface area contributed by atoms with E-state index in [2.05, 4.69) is 16.2 Å². The number of benzene rings is 2. The van der Waals surface area contributed by atoms with Crippen LogP contribution < -0.4 is 20.9 Å². The first-order chi connectivity index (χ1) is 12.3. The number of rotatable bonds is 4. The highest BCUT2D eigenvalue weighted by Crippen LogP contribution is 2.27. The van der Waals surface area contributed by atoms with Crippen LogP contribution in [0.25, 0.3) is 0 Å². The van der Waals surface area contributed by atoms with Gasteiger partial charge in [0, 0.05) is 10.6 Å². The first kappa shape index (κ1) is 19.9. The van der Waals surface area contributed by atoms with E-state index in [1.807, 2.05) is 0 Å². The lowest BCUT2D eigenvalue weighted by atomic mass is 10.2. The number of ether oxygens (including phenoxy) is 1. The summed E-state index contributed by atoms with van der Waals surface area (Å²) in [5.41, 5.74) is 4.81. The minimum atomic E-state index is -0.561. The van der Waals surface area contributed by atoms with Crippen molar-refractivity contribution in [2.24, 2.45) is 0 Å². The minimum Gasteiger partial charge on any atom is -0.482 e. The van der Waals surface area contributed by atoms with Crippen molar-refractivity contribution < 1.29 is 18.7 Å². The molecule has 0 saturated heterocycles. The fraction of sp³-hybridized carbons (Fsp3) is 0.0625. The third-order valence-corrected chi connectivity index (χ3v) is 3.64. The maximum absolute atomic E-state index is 12.8. The molecule has 0 bridgehead atoms. The summed E-state index contributed by atoms with van der Waals surface area (Å²) in [5, 5.41) is 2.89. The second-order valence-corrected chi connectivity index (χ2v) is 6.08. The molecule has 2 rings (SSSR count). The molecule has 0 atom stereocenters. The number of hydrogen-bond donors (Lipinski definition) is 3. The molecule has 2 aromatic carbocycles. The van der Waals surface area contributed by atoms with Crippen molar-refractivity contribution >= 4 is 52.3 Å². The predicted octanol–water partition coefficient (Wildman–Crippen LogP) is 2.85. The van der Waals surface area contributed by atoms with Crippen molar-refractivity contribution in [3.8, 4) is 5.75 Å². The number of hydrogen-bond acceptors (Lipinski definition) is 4. The number of thiocarbonyl (C=S) groups is 1. The topological polar surface area (TPSA) is 79.5 Å². The Morgan fingerprint density at radius 3 is 2.42 bits per heavy atom. The van der Waals surface area contributed by atoms with Crippen LogP contribution >= 0.6 is 35.4 Å². The van der Waals surface area contributed by atoms with Gasteiger partial charge < -0.3 is 4.74 Å². The first-order valence-electron chi connectivity index (χ1n) is 7.09. The van der Waals surface area contributed by atoms with Crippen LogP contribution in [0.2, 0.25) is 10.0 Å². The van der Waals surface area contributed by atoms with Gasteiger partial charge in [-0.2, -0.15) is 0 Å². The average molecular weight is 416 g/mol. The molecule has 0 radical (unpaired) electrons. The van der Waals surface area contributed by atoms with E-state index in [0.717, 1.165) is 12.1 Å². The Morgan fingerprint density at radius 1 is 1.08 bits per heavy atom. The molecule has 10 heteroatoms. The molecule has 0 saturated carbocycles. The zero-order valence-electron chi connectivity index (χ0n) is 13.0. The normalized spacial score (nSPS) is 9.96. The van der Waals surface area contributed by atoms with Crippen LogP contribution in [-0.2, 0) is 4.79 Å². The summed E-state index contributed by atoms with van der Waals surface area (Å²) in [5.74, 6) is -1.29. The molecule has 2 aromatic rings. The van der Waals surface area contributed by atoms with Crippen LogP contribution in [0.15, 0.2) is 42.5 Å². The van der Waals surface area contributed by atoms with E-state index >= 15 is 0 Å². The van der Waals surface area contributed by atoms with Gasteiger partial charge in [-0.15, -0.1) is 0 Å². The van der Waals surface area contributed by atoms with Gasteiger partial charge in [-0.05, 0) is 54.7 Å². The maximum atomic E-state index is 12.8. The Labute approximate surface area is 163 Å². The lowest BCUT2D eigenvalue weighted by Gasteiger charge is -2.12. The molecule has 26 heavy (non-hydrogen) atoms. The van der Waals surface area contributed by atoms with Gasteiger partial charge in [-0.25, -0.2) is 4.39 Å². The van der Waals surface area contributed by atoms with Crippen LogP contribution in [0, 0.1) is 5.82 Å². The lowest BCUT2D eigenvalue weighted by Crippen LogP contribution is -2.49. The van der Waals surface area contributed by atoms with E-state index in [4.69, 9.17) is 40.2 Å². The van der Waals surface area contributed by atoms with Crippen LogP contribution in [-0.4, -0.2) is 23.5 Å². The highest BCUT2D eigenvalue weighted by atomic mass is 35.5. The van der Waals surface area contributed by atoms with Crippen LogP contribution in [0.5, 0.6) is 5.75 Å². The van der Waals surface area contributed by atoms with Crippen molar-refractivity contribution in [3.05, 3.63) is 63.9 Å². The molecule has 6 nitrogen and oxygen atoms in total. The summed E-state index contributed by atoms with van der Waals surface area (Å²) in [6.07, 6.45) is 0. The van der Waals surface area contributed by atoms with Crippen molar-refractivity contribution in [1.29, 1.82) is 0 Å². The summed E-state index contributed by atoms with van der Waals surface area (Å²) < 4.78 is 18.1. The highest BCUT2D eigenvalue weighted by molar-refractivity contribution is 7.80. The Balaban J connectivity index is 1.75. The molecule has 0 heterocycles. The zero-order chi connectivity index (χ0) is 19.1. The maximum Gasteiger partial charge on any atom is 0.276 e. The van der Waals surface area contributed by atoms with E-state index in [9.17, 15) is 14.0 Å². The molecule has 0 aliphatic rings. The monoisotopic (exact) mass is 415 g/mol. The molecule has 2 amide bonds. The summed E-state index contributed by atoms with van der Waals surface area (Å²) in [7, 11) is 0. The Bertz CT molecular complexity index is 834. The second kappa shape index (κ2) is 9.33. The lowest BCUT2D eigenvalue weighted by molar-refractivity contribution is -0.123. The number of amides is 2. The molecule has 136 valence electrons. The van der Waals surface area contributed by atoms with E-state index < -0.39 is 17.6 Å². The smallest absolute Gasteiger partial charge is 0.276 e. The van der Waals surface area contributed by atoms with Gasteiger partial charge in [-0.1, -0.05) is 23.2 Å². The fourth-order valence-electron chi connectivity index (χ4n) is 1.71. The van der Waals surface area contributed by atoms with Gasteiger partial charge in [0.1, 0.15) is 11.6 Å². The number of carbonyl (C=O) groups is 2. The van der Waals surface area contributed by atoms with Crippen LogP contribution in [0.4, 0.5) is 4.39 Å². The standard InChI is InChI=1S/C16H12Cl2FN3O3S/c17-10-3-6-13(12(18)7-10)25-8-14(23)21-22-16(26)20-15(24)9-1-4-11(19)5-2-9/h1-7H,8H2,(H,21,23)(H2,20,22,24,26). The summed E-state index contributed by atoms with van der Waals surface area (Å²) >= 11 is 16.6. The van der Waals surface area contributed by atoms with Gasteiger partial charge in [0.05, 0.1) is 5.02 Å². The van der Waals surface area contributed by atoms with Crippen molar-refractivity contribution in [3.63, 3.8) is 0 Å². The number of halogens is 3. The van der Waals surface area contributed by atoms with E-state index in [1.165, 1.54) is 24.3 Å². The second-order valence-electron chi connectivity index (χ2n) is 4.83. The summed E-state index contributed by atoms with van der Waals surface area (Å²) in [4.78, 5) is 23.6. The zero-order valence-corrected chi connectivity index (χ0v) is 15.3.